The van der Waals surface area contributed by atoms with Crippen molar-refractivity contribution in [1.82, 2.24) is 4.90 Å². The lowest BCUT2D eigenvalue weighted by molar-refractivity contribution is -0.140. The number of aryl methyl sites for hydroxylation is 1. The standard InChI is InChI=1S/C23H23NO5/c1-14-4-6-16(7-5-14)21(26)19-20(15-8-10-17(25)11-9-15)24(23(28)22(19)27)13-18-3-2-12-29-18/h4-11,18,20,25-26H,2-3,12-13H2,1H3/b21-19-. The predicted octanol–water partition coefficient (Wildman–Crippen LogP) is 3.30. The molecular formula is C23H23NO5. The molecule has 2 unspecified atom stereocenters. The fourth-order valence-electron chi connectivity index (χ4n) is 3.95. The summed E-state index contributed by atoms with van der Waals surface area (Å²) in [5.41, 5.74) is 2.21. The first kappa shape index (κ1) is 19.2. The average Bonchev–Trinajstić information content (AvgIpc) is 3.31. The summed E-state index contributed by atoms with van der Waals surface area (Å²) in [5, 5.41) is 20.6. The van der Waals surface area contributed by atoms with Gasteiger partial charge in [0.1, 0.15) is 11.5 Å². The molecule has 0 saturated carbocycles. The number of amides is 1. The van der Waals surface area contributed by atoms with Gasteiger partial charge in [0.05, 0.1) is 17.7 Å². The summed E-state index contributed by atoms with van der Waals surface area (Å²) in [6, 6.07) is 12.7. The molecule has 2 fully saturated rings. The zero-order valence-corrected chi connectivity index (χ0v) is 16.2. The highest BCUT2D eigenvalue weighted by molar-refractivity contribution is 6.46. The van der Waals surface area contributed by atoms with Gasteiger partial charge in [0.15, 0.2) is 0 Å². The molecule has 4 rings (SSSR count). The van der Waals surface area contributed by atoms with E-state index in [2.05, 4.69) is 0 Å². The Hall–Kier alpha value is -3.12. The SMILES string of the molecule is Cc1ccc(/C(O)=C2/C(=O)C(=O)N(CC3CCCO3)C2c2ccc(O)cc2)cc1. The third kappa shape index (κ3) is 3.63. The zero-order chi connectivity index (χ0) is 20.5. The van der Waals surface area contributed by atoms with Crippen molar-refractivity contribution in [3.8, 4) is 5.75 Å². The molecule has 29 heavy (non-hydrogen) atoms. The average molecular weight is 393 g/mol. The van der Waals surface area contributed by atoms with Crippen LogP contribution in [0.25, 0.3) is 5.76 Å². The van der Waals surface area contributed by atoms with Crippen LogP contribution in [0.1, 0.15) is 35.6 Å². The van der Waals surface area contributed by atoms with Crippen molar-refractivity contribution in [2.24, 2.45) is 0 Å². The topological polar surface area (TPSA) is 87.1 Å². The Morgan fingerprint density at radius 1 is 1.10 bits per heavy atom. The van der Waals surface area contributed by atoms with Gasteiger partial charge in [0.2, 0.25) is 0 Å². The van der Waals surface area contributed by atoms with E-state index in [0.717, 1.165) is 18.4 Å². The van der Waals surface area contributed by atoms with Crippen LogP contribution in [0.5, 0.6) is 5.75 Å². The van der Waals surface area contributed by atoms with Crippen LogP contribution in [0.3, 0.4) is 0 Å². The second kappa shape index (κ2) is 7.72. The molecule has 6 heteroatoms. The molecule has 1 amide bonds. The fraction of sp³-hybridized carbons (Fsp3) is 0.304. The van der Waals surface area contributed by atoms with Crippen LogP contribution >= 0.6 is 0 Å². The second-order valence-corrected chi connectivity index (χ2v) is 7.54. The van der Waals surface area contributed by atoms with Gasteiger partial charge < -0.3 is 19.8 Å². The summed E-state index contributed by atoms with van der Waals surface area (Å²) in [6.45, 7) is 2.85. The number of likely N-dealkylation sites (tertiary alicyclic amines) is 1. The number of ether oxygens (including phenoxy) is 1. The number of rotatable bonds is 4. The molecule has 0 radical (unpaired) electrons. The maximum absolute atomic E-state index is 12.9. The van der Waals surface area contributed by atoms with E-state index >= 15 is 0 Å². The maximum atomic E-state index is 12.9. The van der Waals surface area contributed by atoms with Gasteiger partial charge in [0.25, 0.3) is 11.7 Å². The normalized spacial score (nSPS) is 23.7. The van der Waals surface area contributed by atoms with Crippen LogP contribution in [0.4, 0.5) is 0 Å². The number of phenols is 1. The number of phenolic OH excluding ortho intramolecular Hbond substituents is 1. The molecule has 2 aliphatic rings. The summed E-state index contributed by atoms with van der Waals surface area (Å²) in [5.74, 6) is -1.47. The number of carbonyl (C=O) groups is 2. The molecule has 2 aliphatic heterocycles. The van der Waals surface area contributed by atoms with Crippen LogP contribution in [0, 0.1) is 6.92 Å². The summed E-state index contributed by atoms with van der Waals surface area (Å²) in [7, 11) is 0. The van der Waals surface area contributed by atoms with E-state index in [1.165, 1.54) is 17.0 Å². The first-order valence-electron chi connectivity index (χ1n) is 9.71. The third-order valence-corrected chi connectivity index (χ3v) is 5.50. The Morgan fingerprint density at radius 2 is 1.79 bits per heavy atom. The molecule has 0 spiro atoms. The molecule has 0 bridgehead atoms. The van der Waals surface area contributed by atoms with Gasteiger partial charge in [-0.25, -0.2) is 0 Å². The highest BCUT2D eigenvalue weighted by Crippen LogP contribution is 2.40. The highest BCUT2D eigenvalue weighted by atomic mass is 16.5. The number of ketones is 1. The highest BCUT2D eigenvalue weighted by Gasteiger charge is 2.47. The molecule has 150 valence electrons. The fourth-order valence-corrected chi connectivity index (χ4v) is 3.95. The molecule has 2 aromatic rings. The smallest absolute Gasteiger partial charge is 0.295 e. The molecule has 2 heterocycles. The van der Waals surface area contributed by atoms with Crippen LogP contribution < -0.4 is 0 Å². The van der Waals surface area contributed by atoms with Crippen molar-refractivity contribution >= 4 is 17.4 Å². The molecule has 2 atom stereocenters. The number of Topliss-reactive ketones (excluding diaryl/α,β-unsaturated/α-hetero) is 1. The van der Waals surface area contributed by atoms with Crippen molar-refractivity contribution in [2.45, 2.75) is 31.9 Å². The van der Waals surface area contributed by atoms with Crippen molar-refractivity contribution < 1.29 is 24.5 Å². The van der Waals surface area contributed by atoms with Gasteiger partial charge in [-0.05, 0) is 37.5 Å². The second-order valence-electron chi connectivity index (χ2n) is 7.54. The number of aromatic hydroxyl groups is 1. The molecule has 2 N–H and O–H groups in total. The van der Waals surface area contributed by atoms with Gasteiger partial charge in [-0.15, -0.1) is 0 Å². The van der Waals surface area contributed by atoms with E-state index in [9.17, 15) is 19.8 Å². The molecule has 2 aromatic carbocycles. The molecule has 0 aliphatic carbocycles. The summed E-state index contributed by atoms with van der Waals surface area (Å²) in [6.07, 6.45) is 1.61. The molecular weight excluding hydrogens is 370 g/mol. The lowest BCUT2D eigenvalue weighted by Crippen LogP contribution is -2.36. The Morgan fingerprint density at radius 3 is 2.41 bits per heavy atom. The molecule has 0 aromatic heterocycles. The molecule has 6 nitrogen and oxygen atoms in total. The number of benzene rings is 2. The summed E-state index contributed by atoms with van der Waals surface area (Å²) < 4.78 is 5.67. The largest absolute Gasteiger partial charge is 0.508 e. The first-order chi connectivity index (χ1) is 14.0. The third-order valence-electron chi connectivity index (χ3n) is 5.50. The van der Waals surface area contributed by atoms with Crippen LogP contribution in [0.2, 0.25) is 0 Å². The quantitative estimate of drug-likeness (QED) is 0.473. The monoisotopic (exact) mass is 393 g/mol. The van der Waals surface area contributed by atoms with E-state index in [0.29, 0.717) is 17.7 Å². The number of nitrogens with zero attached hydrogens (tertiary/aromatic N) is 1. The Kier molecular flexibility index (Phi) is 5.11. The Bertz CT molecular complexity index is 956. The number of aliphatic hydroxyl groups is 1. The number of aliphatic hydroxyl groups excluding tert-OH is 1. The van der Waals surface area contributed by atoms with E-state index in [4.69, 9.17) is 4.74 Å². The lowest BCUT2D eigenvalue weighted by Gasteiger charge is -2.27. The van der Waals surface area contributed by atoms with E-state index in [1.54, 1.807) is 24.3 Å². The van der Waals surface area contributed by atoms with Crippen molar-refractivity contribution in [2.75, 3.05) is 13.2 Å². The minimum atomic E-state index is -0.735. The van der Waals surface area contributed by atoms with Crippen LogP contribution in [-0.2, 0) is 14.3 Å². The Labute approximate surface area is 169 Å². The maximum Gasteiger partial charge on any atom is 0.295 e. The lowest BCUT2D eigenvalue weighted by atomic mass is 9.95. The van der Waals surface area contributed by atoms with Crippen molar-refractivity contribution in [1.29, 1.82) is 0 Å². The van der Waals surface area contributed by atoms with Crippen molar-refractivity contribution in [3.05, 3.63) is 70.8 Å². The minimum absolute atomic E-state index is 0.0579. The van der Waals surface area contributed by atoms with Crippen LogP contribution in [-0.4, -0.2) is 46.1 Å². The summed E-state index contributed by atoms with van der Waals surface area (Å²) in [4.78, 5) is 27.3. The van der Waals surface area contributed by atoms with Gasteiger partial charge in [-0.3, -0.25) is 9.59 Å². The zero-order valence-electron chi connectivity index (χ0n) is 16.2. The van der Waals surface area contributed by atoms with Crippen LogP contribution in [0.15, 0.2) is 54.1 Å². The van der Waals surface area contributed by atoms with Gasteiger partial charge in [-0.1, -0.05) is 42.0 Å². The number of carbonyl (C=O) groups excluding carboxylic acids is 2. The van der Waals surface area contributed by atoms with E-state index in [1.807, 2.05) is 19.1 Å². The minimum Gasteiger partial charge on any atom is -0.508 e. The van der Waals surface area contributed by atoms with Crippen molar-refractivity contribution in [3.63, 3.8) is 0 Å². The van der Waals surface area contributed by atoms with Gasteiger partial charge >= 0.3 is 0 Å². The number of hydrogen-bond acceptors (Lipinski definition) is 5. The van der Waals surface area contributed by atoms with E-state index < -0.39 is 17.7 Å². The van der Waals surface area contributed by atoms with Gasteiger partial charge in [0, 0.05) is 18.7 Å². The predicted molar refractivity (Wildman–Crippen MR) is 107 cm³/mol. The first-order valence-corrected chi connectivity index (χ1v) is 9.71. The van der Waals surface area contributed by atoms with Gasteiger partial charge in [-0.2, -0.15) is 0 Å². The summed E-state index contributed by atoms with van der Waals surface area (Å²) >= 11 is 0. The van der Waals surface area contributed by atoms with E-state index in [-0.39, 0.29) is 29.7 Å². The molecule has 2 saturated heterocycles. The Balaban J connectivity index is 1.81. The number of hydrogen-bond donors (Lipinski definition) is 2.